The van der Waals surface area contributed by atoms with Crippen molar-refractivity contribution in [3.8, 4) is 0 Å². The third-order valence-corrected chi connectivity index (χ3v) is 13.0. The molecule has 0 aliphatic heterocycles. The first-order valence-electron chi connectivity index (χ1n) is 16.1. The van der Waals surface area contributed by atoms with Crippen molar-refractivity contribution in [3.63, 3.8) is 0 Å². The Morgan fingerprint density at radius 2 is 0.441 bits per heavy atom. The second-order valence-corrected chi connectivity index (χ2v) is 15.8. The highest BCUT2D eigenvalue weighted by molar-refractivity contribution is 7.75. The molecule has 0 atom stereocenters. The average Bonchev–Trinajstić information content (AvgIpc) is 2.82. The van der Waals surface area contributed by atoms with Gasteiger partial charge in [0, 0.05) is 7.26 Å². The Morgan fingerprint density at radius 1 is 0.265 bits per heavy atom. The van der Waals surface area contributed by atoms with Crippen molar-refractivity contribution < 1.29 is 24.0 Å². The highest BCUT2D eigenvalue weighted by Gasteiger charge is 2.34. The number of hydrogen-bond donors (Lipinski definition) is 0. The van der Waals surface area contributed by atoms with Crippen LogP contribution in [0.5, 0.6) is 0 Å². The van der Waals surface area contributed by atoms with E-state index in [1.165, 1.54) is 128 Å². The van der Waals surface area contributed by atoms with Gasteiger partial charge in [-0.2, -0.15) is 0 Å². The summed E-state index contributed by atoms with van der Waals surface area (Å²) < 4.78 is 0. The van der Waals surface area contributed by atoms with Crippen molar-refractivity contribution in [2.45, 2.75) is 182 Å². The summed E-state index contributed by atoms with van der Waals surface area (Å²) in [6.07, 6.45) is 42.1. The lowest BCUT2D eigenvalue weighted by molar-refractivity contribution is -0.00000755. The number of halogens is 1. The minimum Gasteiger partial charge on any atom is -1.00 e. The van der Waals surface area contributed by atoms with Crippen LogP contribution in [0.15, 0.2) is 0 Å². The zero-order valence-electron chi connectivity index (χ0n) is 24.6. The number of rotatable bonds is 28. The fraction of sp³-hybridized carbons (Fsp3) is 1.00. The van der Waals surface area contributed by atoms with Crippen LogP contribution in [0, 0.1) is 0 Å². The molecule has 2 heteroatoms. The van der Waals surface area contributed by atoms with Crippen LogP contribution in [-0.4, -0.2) is 24.6 Å². The van der Waals surface area contributed by atoms with Gasteiger partial charge in [0.05, 0.1) is 24.6 Å². The first kappa shape index (κ1) is 37.3. The Balaban J connectivity index is 0. The van der Waals surface area contributed by atoms with Gasteiger partial charge in [-0.1, -0.05) is 130 Å². The zero-order chi connectivity index (χ0) is 24.3. The SMILES string of the molecule is CCCCCCCCC[P+](CCCCCCC)(CCCCCCC)CCCCCCCCC.[I-]. The fourth-order valence-electron chi connectivity index (χ4n) is 5.58. The van der Waals surface area contributed by atoms with Crippen LogP contribution < -0.4 is 24.0 Å². The standard InChI is InChI=1S/C32H68P.HI/c1-5-9-13-17-19-23-27-31-33(29-25-21-15-11-7-3,30-26-22-16-12-8-4)32-28-24-20-18-14-10-6-2;/h5-32H2,1-4H3;1H/q+1;/p-1. The lowest BCUT2D eigenvalue weighted by Gasteiger charge is -2.28. The molecule has 0 radical (unpaired) electrons. The smallest absolute Gasteiger partial charge is 0.0594 e. The lowest BCUT2D eigenvalue weighted by atomic mass is 10.1. The van der Waals surface area contributed by atoms with Crippen molar-refractivity contribution in [2.24, 2.45) is 0 Å². The predicted octanol–water partition coefficient (Wildman–Crippen LogP) is 9.45. The summed E-state index contributed by atoms with van der Waals surface area (Å²) in [5, 5.41) is 0. The third-order valence-electron chi connectivity index (χ3n) is 7.94. The van der Waals surface area contributed by atoms with Gasteiger partial charge < -0.3 is 24.0 Å². The Bertz CT molecular complexity index is 323. The maximum Gasteiger partial charge on any atom is 0.0594 e. The van der Waals surface area contributed by atoms with Gasteiger partial charge >= 0.3 is 0 Å². The molecular weight excluding hydrogens is 542 g/mol. The van der Waals surface area contributed by atoms with Gasteiger partial charge in [0.25, 0.3) is 0 Å². The molecule has 0 aromatic rings. The van der Waals surface area contributed by atoms with Gasteiger partial charge in [-0.3, -0.25) is 0 Å². The van der Waals surface area contributed by atoms with E-state index in [9.17, 15) is 0 Å². The molecule has 0 saturated heterocycles. The summed E-state index contributed by atoms with van der Waals surface area (Å²) in [5.74, 6) is 0. The Hall–Kier alpha value is 1.16. The second kappa shape index (κ2) is 30.4. The largest absolute Gasteiger partial charge is 1.00 e. The van der Waals surface area contributed by atoms with E-state index in [0.29, 0.717) is 0 Å². The van der Waals surface area contributed by atoms with Gasteiger partial charge in [-0.25, -0.2) is 0 Å². The van der Waals surface area contributed by atoms with Crippen molar-refractivity contribution in [3.05, 3.63) is 0 Å². The van der Waals surface area contributed by atoms with E-state index < -0.39 is 7.26 Å². The molecule has 0 rings (SSSR count). The topological polar surface area (TPSA) is 0 Å². The molecule has 0 N–H and O–H groups in total. The summed E-state index contributed by atoms with van der Waals surface area (Å²) in [6.45, 7) is 9.39. The van der Waals surface area contributed by atoms with Crippen molar-refractivity contribution in [1.82, 2.24) is 0 Å². The molecule has 208 valence electrons. The summed E-state index contributed by atoms with van der Waals surface area (Å²) in [6, 6.07) is 0. The van der Waals surface area contributed by atoms with E-state index in [1.54, 1.807) is 50.3 Å². The molecule has 0 aromatic heterocycles. The Kier molecular flexibility index (Phi) is 33.3. The number of hydrogen-bond acceptors (Lipinski definition) is 0. The summed E-state index contributed by atoms with van der Waals surface area (Å²) in [7, 11) is -0.716. The first-order chi connectivity index (χ1) is 16.2. The van der Waals surface area contributed by atoms with Crippen molar-refractivity contribution in [1.29, 1.82) is 0 Å². The monoisotopic (exact) mass is 610 g/mol. The maximum absolute atomic E-state index is 2.36. The molecule has 0 aromatic carbocycles. The van der Waals surface area contributed by atoms with E-state index in [-0.39, 0.29) is 24.0 Å². The summed E-state index contributed by atoms with van der Waals surface area (Å²) in [4.78, 5) is 0. The first-order valence-corrected chi connectivity index (χ1v) is 18.6. The molecule has 34 heavy (non-hydrogen) atoms. The van der Waals surface area contributed by atoms with E-state index >= 15 is 0 Å². The van der Waals surface area contributed by atoms with Crippen LogP contribution in [-0.2, 0) is 0 Å². The van der Waals surface area contributed by atoms with E-state index in [0.717, 1.165) is 0 Å². The fourth-order valence-corrected chi connectivity index (χ4v) is 10.5. The minimum atomic E-state index is -0.716. The molecule has 0 aliphatic rings. The van der Waals surface area contributed by atoms with Crippen LogP contribution in [0.3, 0.4) is 0 Å². The quantitative estimate of drug-likeness (QED) is 0.0470. The van der Waals surface area contributed by atoms with Crippen molar-refractivity contribution in [2.75, 3.05) is 24.6 Å². The van der Waals surface area contributed by atoms with Gasteiger partial charge in [0.1, 0.15) is 0 Å². The molecule has 0 nitrogen and oxygen atoms in total. The minimum absolute atomic E-state index is 0. The van der Waals surface area contributed by atoms with E-state index in [4.69, 9.17) is 0 Å². The van der Waals surface area contributed by atoms with E-state index in [2.05, 4.69) is 27.7 Å². The van der Waals surface area contributed by atoms with Crippen LogP contribution in [0.25, 0.3) is 0 Å². The molecule has 0 bridgehead atoms. The van der Waals surface area contributed by atoms with Gasteiger partial charge in [-0.15, -0.1) is 0 Å². The highest BCUT2D eigenvalue weighted by Crippen LogP contribution is 2.61. The highest BCUT2D eigenvalue weighted by atomic mass is 127. The summed E-state index contributed by atoms with van der Waals surface area (Å²) in [5.41, 5.74) is 0. The molecular formula is C32H68IP. The maximum atomic E-state index is 2.36. The summed E-state index contributed by atoms with van der Waals surface area (Å²) >= 11 is 0. The van der Waals surface area contributed by atoms with Crippen LogP contribution >= 0.6 is 7.26 Å². The lowest BCUT2D eigenvalue weighted by Crippen LogP contribution is -3.00. The Morgan fingerprint density at radius 3 is 0.647 bits per heavy atom. The van der Waals surface area contributed by atoms with Crippen LogP contribution in [0.4, 0.5) is 0 Å². The van der Waals surface area contributed by atoms with Crippen molar-refractivity contribution >= 4 is 7.26 Å². The van der Waals surface area contributed by atoms with Gasteiger partial charge in [0.15, 0.2) is 0 Å². The molecule has 0 aliphatic carbocycles. The predicted molar refractivity (Wildman–Crippen MR) is 160 cm³/mol. The molecule has 0 fully saturated rings. The molecule has 0 amide bonds. The normalized spacial score (nSPS) is 11.6. The average molecular weight is 611 g/mol. The molecule has 0 heterocycles. The third kappa shape index (κ3) is 24.8. The second-order valence-electron chi connectivity index (χ2n) is 11.3. The van der Waals surface area contributed by atoms with E-state index in [1.807, 2.05) is 0 Å². The molecule has 0 unspecified atom stereocenters. The number of unbranched alkanes of at least 4 members (excludes halogenated alkanes) is 20. The van der Waals surface area contributed by atoms with Gasteiger partial charge in [-0.05, 0) is 51.4 Å². The Labute approximate surface area is 236 Å². The van der Waals surface area contributed by atoms with Crippen LogP contribution in [0.1, 0.15) is 182 Å². The molecule has 0 saturated carbocycles. The van der Waals surface area contributed by atoms with Crippen LogP contribution in [0.2, 0.25) is 0 Å². The van der Waals surface area contributed by atoms with Gasteiger partial charge in [0.2, 0.25) is 0 Å². The zero-order valence-corrected chi connectivity index (χ0v) is 27.7. The molecule has 0 spiro atoms.